The highest BCUT2D eigenvalue weighted by Gasteiger charge is 2.23. The Balaban J connectivity index is 1.72. The first kappa shape index (κ1) is 19.7. The second-order valence-corrected chi connectivity index (χ2v) is 6.87. The van der Waals surface area contributed by atoms with E-state index in [4.69, 9.17) is 9.26 Å². The van der Waals surface area contributed by atoms with Crippen molar-refractivity contribution in [3.8, 4) is 5.75 Å². The van der Waals surface area contributed by atoms with E-state index in [1.807, 2.05) is 49.7 Å². The van der Waals surface area contributed by atoms with Crippen LogP contribution in [0.4, 0.5) is 0 Å². The first-order valence-corrected chi connectivity index (χ1v) is 9.38. The number of benzene rings is 1. The van der Waals surface area contributed by atoms with Crippen molar-refractivity contribution in [1.29, 1.82) is 0 Å². The van der Waals surface area contributed by atoms with E-state index in [9.17, 15) is 4.79 Å². The van der Waals surface area contributed by atoms with Gasteiger partial charge in [-0.15, -0.1) is 0 Å². The fourth-order valence-electron chi connectivity index (χ4n) is 3.01. The molecule has 1 N–H and O–H groups in total. The van der Waals surface area contributed by atoms with Crippen molar-refractivity contribution in [2.45, 2.75) is 53.8 Å². The van der Waals surface area contributed by atoms with Crippen LogP contribution in [0.25, 0.3) is 0 Å². The molecule has 0 saturated heterocycles. The Labute approximate surface area is 164 Å². The Morgan fingerprint density at radius 3 is 2.75 bits per heavy atom. The van der Waals surface area contributed by atoms with Crippen LogP contribution in [0.3, 0.4) is 0 Å². The highest BCUT2D eigenvalue weighted by Crippen LogP contribution is 2.21. The van der Waals surface area contributed by atoms with Gasteiger partial charge < -0.3 is 14.6 Å². The summed E-state index contributed by atoms with van der Waals surface area (Å²) in [5.41, 5.74) is 4.18. The summed E-state index contributed by atoms with van der Waals surface area (Å²) in [4.78, 5) is 12.8. The number of amides is 1. The molecule has 0 radical (unpaired) electrons. The molecule has 7 nitrogen and oxygen atoms in total. The standard InChI is InChI=1S/C21H26N4O3/c1-6-25-19(9-10-22-25)15(4)23-21(26)20-18(16(5)28-24-20)12-27-17-8-7-13(2)14(3)11-17/h7-11,15H,6,12H2,1-5H3,(H,23,26). The maximum atomic E-state index is 12.8. The van der Waals surface area contributed by atoms with Crippen LogP contribution < -0.4 is 10.1 Å². The first-order chi connectivity index (χ1) is 13.4. The van der Waals surface area contributed by atoms with Crippen molar-refractivity contribution < 1.29 is 14.1 Å². The largest absolute Gasteiger partial charge is 0.489 e. The van der Waals surface area contributed by atoms with E-state index < -0.39 is 0 Å². The maximum Gasteiger partial charge on any atom is 0.274 e. The quantitative estimate of drug-likeness (QED) is 0.670. The summed E-state index contributed by atoms with van der Waals surface area (Å²) >= 11 is 0. The van der Waals surface area contributed by atoms with E-state index in [2.05, 4.69) is 22.5 Å². The first-order valence-electron chi connectivity index (χ1n) is 9.38. The fraction of sp³-hybridized carbons (Fsp3) is 0.381. The average molecular weight is 382 g/mol. The van der Waals surface area contributed by atoms with Crippen LogP contribution in [-0.2, 0) is 13.2 Å². The molecule has 28 heavy (non-hydrogen) atoms. The van der Waals surface area contributed by atoms with Gasteiger partial charge in [-0.3, -0.25) is 9.48 Å². The van der Waals surface area contributed by atoms with Crippen LogP contribution >= 0.6 is 0 Å². The van der Waals surface area contributed by atoms with Crippen molar-refractivity contribution in [3.63, 3.8) is 0 Å². The second kappa shape index (κ2) is 8.29. The molecule has 1 amide bonds. The summed E-state index contributed by atoms with van der Waals surface area (Å²) in [5.74, 6) is 1.02. The molecule has 0 saturated carbocycles. The van der Waals surface area contributed by atoms with Crippen LogP contribution in [0.1, 0.15) is 58.5 Å². The van der Waals surface area contributed by atoms with Gasteiger partial charge in [0.25, 0.3) is 5.91 Å². The summed E-state index contributed by atoms with van der Waals surface area (Å²) in [6.45, 7) is 10.7. The zero-order valence-electron chi connectivity index (χ0n) is 16.9. The minimum Gasteiger partial charge on any atom is -0.489 e. The molecule has 0 aliphatic carbocycles. The van der Waals surface area contributed by atoms with Crippen LogP contribution in [0, 0.1) is 20.8 Å². The zero-order valence-corrected chi connectivity index (χ0v) is 16.9. The number of carbonyl (C=O) groups is 1. The monoisotopic (exact) mass is 382 g/mol. The maximum absolute atomic E-state index is 12.8. The third-order valence-corrected chi connectivity index (χ3v) is 4.90. The lowest BCUT2D eigenvalue weighted by atomic mass is 10.1. The van der Waals surface area contributed by atoms with Crippen molar-refractivity contribution >= 4 is 5.91 Å². The number of ether oxygens (including phenoxy) is 1. The summed E-state index contributed by atoms with van der Waals surface area (Å²) in [5, 5.41) is 11.2. The SMILES string of the molecule is CCn1nccc1C(C)NC(=O)c1noc(C)c1COc1ccc(C)c(C)c1. The third kappa shape index (κ3) is 4.08. The van der Waals surface area contributed by atoms with Gasteiger partial charge in [-0.2, -0.15) is 5.10 Å². The number of aryl methyl sites for hydroxylation is 4. The van der Waals surface area contributed by atoms with E-state index in [-0.39, 0.29) is 24.2 Å². The van der Waals surface area contributed by atoms with Crippen LogP contribution in [0.15, 0.2) is 35.0 Å². The van der Waals surface area contributed by atoms with Crippen molar-refractivity contribution in [1.82, 2.24) is 20.3 Å². The van der Waals surface area contributed by atoms with E-state index in [1.165, 1.54) is 5.56 Å². The predicted molar refractivity (Wildman–Crippen MR) is 105 cm³/mol. The lowest BCUT2D eigenvalue weighted by molar-refractivity contribution is 0.0927. The summed E-state index contributed by atoms with van der Waals surface area (Å²) in [6.07, 6.45) is 1.73. The molecule has 0 aliphatic heterocycles. The average Bonchev–Trinajstić information content (AvgIpc) is 3.29. The Kier molecular flexibility index (Phi) is 5.82. The lowest BCUT2D eigenvalue weighted by Gasteiger charge is -2.15. The molecule has 148 valence electrons. The number of aromatic nitrogens is 3. The molecule has 1 atom stereocenters. The van der Waals surface area contributed by atoms with Crippen molar-refractivity contribution in [2.75, 3.05) is 0 Å². The Bertz CT molecular complexity index is 974. The number of rotatable bonds is 7. The number of nitrogens with one attached hydrogen (secondary N) is 1. The minimum absolute atomic E-state index is 0.208. The van der Waals surface area contributed by atoms with Crippen molar-refractivity contribution in [2.24, 2.45) is 0 Å². The topological polar surface area (TPSA) is 82.2 Å². The smallest absolute Gasteiger partial charge is 0.274 e. The van der Waals surface area contributed by atoms with Gasteiger partial charge in [0, 0.05) is 12.7 Å². The molecule has 1 unspecified atom stereocenters. The molecular weight excluding hydrogens is 356 g/mol. The fourth-order valence-corrected chi connectivity index (χ4v) is 3.01. The molecule has 0 fully saturated rings. The number of hydrogen-bond acceptors (Lipinski definition) is 5. The van der Waals surface area contributed by atoms with Gasteiger partial charge in [0.05, 0.1) is 17.3 Å². The number of hydrogen-bond donors (Lipinski definition) is 1. The van der Waals surface area contributed by atoms with Crippen LogP contribution in [0.2, 0.25) is 0 Å². The highest BCUT2D eigenvalue weighted by atomic mass is 16.5. The number of carbonyl (C=O) groups excluding carboxylic acids is 1. The minimum atomic E-state index is -0.299. The number of nitrogens with zero attached hydrogens (tertiary/aromatic N) is 3. The zero-order chi connectivity index (χ0) is 20.3. The summed E-state index contributed by atoms with van der Waals surface area (Å²) in [7, 11) is 0. The van der Waals surface area contributed by atoms with Gasteiger partial charge in [0.15, 0.2) is 5.69 Å². The molecule has 3 aromatic rings. The van der Waals surface area contributed by atoms with E-state index in [0.717, 1.165) is 23.6 Å². The molecule has 0 spiro atoms. The summed E-state index contributed by atoms with van der Waals surface area (Å²) < 4.78 is 13.0. The molecule has 7 heteroatoms. The Hall–Kier alpha value is -3.09. The third-order valence-electron chi connectivity index (χ3n) is 4.90. The van der Waals surface area contributed by atoms with E-state index in [1.54, 1.807) is 13.1 Å². The van der Waals surface area contributed by atoms with E-state index >= 15 is 0 Å². The molecule has 1 aromatic carbocycles. The van der Waals surface area contributed by atoms with Gasteiger partial charge in [0.2, 0.25) is 0 Å². The highest BCUT2D eigenvalue weighted by molar-refractivity contribution is 5.94. The van der Waals surface area contributed by atoms with Gasteiger partial charge in [-0.1, -0.05) is 11.2 Å². The van der Waals surface area contributed by atoms with Crippen LogP contribution in [-0.4, -0.2) is 20.8 Å². The second-order valence-electron chi connectivity index (χ2n) is 6.87. The predicted octanol–water partition coefficient (Wildman–Crippen LogP) is 3.89. The normalized spacial score (nSPS) is 12.0. The van der Waals surface area contributed by atoms with Crippen LogP contribution in [0.5, 0.6) is 5.75 Å². The van der Waals surface area contributed by atoms with Gasteiger partial charge in [-0.25, -0.2) is 0 Å². The Morgan fingerprint density at radius 2 is 2.04 bits per heavy atom. The van der Waals surface area contributed by atoms with Gasteiger partial charge >= 0.3 is 0 Å². The lowest BCUT2D eigenvalue weighted by Crippen LogP contribution is -2.29. The molecule has 0 aliphatic rings. The molecule has 2 heterocycles. The molecule has 0 bridgehead atoms. The van der Waals surface area contributed by atoms with Gasteiger partial charge in [-0.05, 0) is 63.9 Å². The Morgan fingerprint density at radius 1 is 1.25 bits per heavy atom. The van der Waals surface area contributed by atoms with Gasteiger partial charge in [0.1, 0.15) is 18.1 Å². The summed E-state index contributed by atoms with van der Waals surface area (Å²) in [6, 6.07) is 7.59. The molecule has 2 aromatic heterocycles. The molecule has 3 rings (SSSR count). The van der Waals surface area contributed by atoms with Crippen molar-refractivity contribution in [3.05, 3.63) is 64.3 Å². The van der Waals surface area contributed by atoms with E-state index in [0.29, 0.717) is 11.3 Å². The molecular formula is C21H26N4O3.